The van der Waals surface area contributed by atoms with Gasteiger partial charge in [0.25, 0.3) is 0 Å². The van der Waals surface area contributed by atoms with Gasteiger partial charge in [-0.25, -0.2) is 0 Å². The molecule has 12 rings (SSSR count). The van der Waals surface area contributed by atoms with Crippen molar-refractivity contribution in [1.82, 2.24) is 0 Å². The van der Waals surface area contributed by atoms with Crippen LogP contribution in [0.5, 0.6) is 0 Å². The average molecular weight is 842 g/mol. The minimum absolute atomic E-state index is 0.857. The molecule has 1 heterocycles. The molecular formula is C64H43NO. The van der Waals surface area contributed by atoms with E-state index < -0.39 is 0 Å². The van der Waals surface area contributed by atoms with Crippen LogP contribution in [0.2, 0.25) is 0 Å². The Morgan fingerprint density at radius 1 is 0.242 bits per heavy atom. The van der Waals surface area contributed by atoms with Gasteiger partial charge in [0.15, 0.2) is 0 Å². The van der Waals surface area contributed by atoms with Gasteiger partial charge in [0.05, 0.1) is 0 Å². The average Bonchev–Trinajstić information content (AvgIpc) is 3.84. The molecule has 12 aromatic rings. The van der Waals surface area contributed by atoms with Gasteiger partial charge < -0.3 is 9.32 Å². The van der Waals surface area contributed by atoms with Gasteiger partial charge in [0.2, 0.25) is 0 Å². The number of hydrogen-bond acceptors (Lipinski definition) is 2. The molecule has 0 saturated heterocycles. The van der Waals surface area contributed by atoms with E-state index in [4.69, 9.17) is 4.42 Å². The van der Waals surface area contributed by atoms with Crippen LogP contribution in [0.1, 0.15) is 0 Å². The number of rotatable bonds is 9. The first kappa shape index (κ1) is 38.9. The standard InChI is InChI=1S/C64H43NO/c1-3-12-44(13-4-1)50-18-11-19-51(40-50)45-24-32-56(33-25-45)65(57-34-26-46(27-35-57)52-30-39-61-54(41-52)23-22-49-16-7-9-20-59(49)61)58-36-28-47(29-37-58)53-31-38-60(48-14-5-2-6-15-48)62(42-53)64-43-55-17-8-10-21-63(55)66-64/h1-43H. The first-order valence-electron chi connectivity index (χ1n) is 22.6. The molecule has 2 heteroatoms. The fourth-order valence-electron chi connectivity index (χ4n) is 9.47. The van der Waals surface area contributed by atoms with Crippen LogP contribution in [0.3, 0.4) is 0 Å². The van der Waals surface area contributed by atoms with Gasteiger partial charge in [-0.1, -0.05) is 194 Å². The summed E-state index contributed by atoms with van der Waals surface area (Å²) in [5, 5.41) is 6.15. The predicted octanol–water partition coefficient (Wildman–Crippen LogP) is 18.2. The molecule has 0 spiro atoms. The van der Waals surface area contributed by atoms with Crippen molar-refractivity contribution in [2.24, 2.45) is 0 Å². The van der Waals surface area contributed by atoms with E-state index in [1.807, 2.05) is 12.1 Å². The number of hydrogen-bond donors (Lipinski definition) is 0. The maximum atomic E-state index is 6.48. The molecule has 0 fully saturated rings. The van der Waals surface area contributed by atoms with Gasteiger partial charge in [-0.3, -0.25) is 0 Å². The van der Waals surface area contributed by atoms with Gasteiger partial charge in [0, 0.05) is 28.0 Å². The molecule has 66 heavy (non-hydrogen) atoms. The van der Waals surface area contributed by atoms with Crippen LogP contribution < -0.4 is 4.90 Å². The highest BCUT2D eigenvalue weighted by Crippen LogP contribution is 2.41. The van der Waals surface area contributed by atoms with Crippen LogP contribution in [0.15, 0.2) is 265 Å². The van der Waals surface area contributed by atoms with E-state index in [0.29, 0.717) is 0 Å². The molecule has 1 aromatic heterocycles. The van der Waals surface area contributed by atoms with E-state index >= 15 is 0 Å². The highest BCUT2D eigenvalue weighted by Gasteiger charge is 2.17. The fourth-order valence-corrected chi connectivity index (χ4v) is 9.47. The highest BCUT2D eigenvalue weighted by atomic mass is 16.3. The molecular weight excluding hydrogens is 799 g/mol. The number of furan rings is 1. The normalized spacial score (nSPS) is 11.3. The topological polar surface area (TPSA) is 16.4 Å². The zero-order valence-corrected chi connectivity index (χ0v) is 36.2. The van der Waals surface area contributed by atoms with E-state index in [9.17, 15) is 0 Å². The van der Waals surface area contributed by atoms with E-state index in [2.05, 4.69) is 254 Å². The van der Waals surface area contributed by atoms with Crippen molar-refractivity contribution in [1.29, 1.82) is 0 Å². The Bertz CT molecular complexity index is 3630. The highest BCUT2D eigenvalue weighted by molar-refractivity contribution is 6.08. The first-order valence-corrected chi connectivity index (χ1v) is 22.6. The van der Waals surface area contributed by atoms with Crippen molar-refractivity contribution < 1.29 is 4.42 Å². The predicted molar refractivity (Wildman–Crippen MR) is 279 cm³/mol. The Morgan fingerprint density at radius 2 is 0.697 bits per heavy atom. The van der Waals surface area contributed by atoms with Crippen LogP contribution in [0.25, 0.3) is 99.5 Å². The molecule has 0 amide bonds. The Kier molecular flexibility index (Phi) is 9.89. The summed E-state index contributed by atoms with van der Waals surface area (Å²) in [5.74, 6) is 0.857. The van der Waals surface area contributed by atoms with Crippen LogP contribution in [0, 0.1) is 0 Å². The van der Waals surface area contributed by atoms with Crippen LogP contribution in [-0.2, 0) is 0 Å². The number of fused-ring (bicyclic) bond motifs is 4. The van der Waals surface area contributed by atoms with Crippen molar-refractivity contribution in [3.8, 4) is 67.0 Å². The van der Waals surface area contributed by atoms with Gasteiger partial charge in [-0.05, 0) is 144 Å². The van der Waals surface area contributed by atoms with Crippen LogP contribution in [0.4, 0.5) is 17.1 Å². The SMILES string of the molecule is c1ccc(-c2cccc(-c3ccc(N(c4ccc(-c5ccc(-c6ccccc6)c(-c6cc7ccccc7o6)c5)cc4)c4ccc(-c5ccc6c(ccc7ccccc76)c5)cc4)cc3)c2)cc1. The molecule has 0 aliphatic rings. The Hall–Kier alpha value is -8.72. The van der Waals surface area contributed by atoms with Crippen LogP contribution in [-0.4, -0.2) is 0 Å². The fraction of sp³-hybridized carbons (Fsp3) is 0. The number of anilines is 3. The minimum Gasteiger partial charge on any atom is -0.456 e. The molecule has 2 nitrogen and oxygen atoms in total. The van der Waals surface area contributed by atoms with Gasteiger partial charge in [-0.2, -0.15) is 0 Å². The van der Waals surface area contributed by atoms with Gasteiger partial charge in [-0.15, -0.1) is 0 Å². The van der Waals surface area contributed by atoms with Crippen molar-refractivity contribution >= 4 is 49.6 Å². The lowest BCUT2D eigenvalue weighted by Crippen LogP contribution is -2.09. The Balaban J connectivity index is 0.913. The summed E-state index contributed by atoms with van der Waals surface area (Å²) in [5.41, 5.74) is 16.9. The maximum Gasteiger partial charge on any atom is 0.136 e. The lowest BCUT2D eigenvalue weighted by molar-refractivity contribution is 0.632. The monoisotopic (exact) mass is 841 g/mol. The molecule has 0 unspecified atom stereocenters. The lowest BCUT2D eigenvalue weighted by Gasteiger charge is -2.26. The first-order chi connectivity index (χ1) is 32.7. The number of para-hydroxylation sites is 1. The second kappa shape index (κ2) is 16.8. The summed E-state index contributed by atoms with van der Waals surface area (Å²) in [6, 6.07) is 93.8. The second-order valence-electron chi connectivity index (χ2n) is 16.9. The number of benzene rings is 11. The molecule has 0 N–H and O–H groups in total. The van der Waals surface area contributed by atoms with E-state index in [-0.39, 0.29) is 0 Å². The number of nitrogens with zero attached hydrogens (tertiary/aromatic N) is 1. The van der Waals surface area contributed by atoms with Crippen LogP contribution >= 0.6 is 0 Å². The minimum atomic E-state index is 0.857. The molecule has 0 aliphatic carbocycles. The van der Waals surface area contributed by atoms with E-state index in [1.54, 1.807) is 0 Å². The zero-order valence-electron chi connectivity index (χ0n) is 36.2. The zero-order chi connectivity index (χ0) is 43.8. The third-order valence-corrected chi connectivity index (χ3v) is 12.9. The summed E-state index contributed by atoms with van der Waals surface area (Å²) in [6.45, 7) is 0. The third-order valence-electron chi connectivity index (χ3n) is 12.9. The van der Waals surface area contributed by atoms with Crippen molar-refractivity contribution in [3.05, 3.63) is 261 Å². The van der Waals surface area contributed by atoms with Gasteiger partial charge >= 0.3 is 0 Å². The molecule has 0 saturated carbocycles. The molecule has 0 aliphatic heterocycles. The smallest absolute Gasteiger partial charge is 0.136 e. The largest absolute Gasteiger partial charge is 0.456 e. The molecule has 0 bridgehead atoms. The molecule has 11 aromatic carbocycles. The van der Waals surface area contributed by atoms with Crippen molar-refractivity contribution in [3.63, 3.8) is 0 Å². The van der Waals surface area contributed by atoms with Crippen molar-refractivity contribution in [2.45, 2.75) is 0 Å². The van der Waals surface area contributed by atoms with E-state index in [1.165, 1.54) is 54.9 Å². The Morgan fingerprint density at radius 3 is 1.33 bits per heavy atom. The Labute approximate surface area is 384 Å². The second-order valence-corrected chi connectivity index (χ2v) is 16.9. The lowest BCUT2D eigenvalue weighted by atomic mass is 9.93. The summed E-state index contributed by atoms with van der Waals surface area (Å²) in [4.78, 5) is 2.35. The summed E-state index contributed by atoms with van der Waals surface area (Å²) in [7, 11) is 0. The van der Waals surface area contributed by atoms with Gasteiger partial charge in [0.1, 0.15) is 11.3 Å². The molecule has 0 atom stereocenters. The molecule has 0 radical (unpaired) electrons. The maximum absolute atomic E-state index is 6.48. The summed E-state index contributed by atoms with van der Waals surface area (Å²) in [6.07, 6.45) is 0. The molecule has 310 valence electrons. The summed E-state index contributed by atoms with van der Waals surface area (Å²) < 4.78 is 6.48. The summed E-state index contributed by atoms with van der Waals surface area (Å²) >= 11 is 0. The quantitative estimate of drug-likeness (QED) is 0.135. The third kappa shape index (κ3) is 7.41. The van der Waals surface area contributed by atoms with E-state index in [0.717, 1.165) is 61.6 Å². The van der Waals surface area contributed by atoms with Crippen molar-refractivity contribution in [2.75, 3.05) is 4.90 Å².